The van der Waals surface area contributed by atoms with Crippen LogP contribution >= 0.6 is 0 Å². The van der Waals surface area contributed by atoms with Crippen molar-refractivity contribution in [2.45, 2.75) is 6.54 Å². The highest BCUT2D eigenvalue weighted by Crippen LogP contribution is 2.12. The molecule has 1 amide bonds. The standard InChI is InChI=1S/C16H16N4O/c1-19(12-15-17-8-9-18-15)16(21)13-4-6-14(7-5-13)20-10-2-3-11-20/h2-11H,12H2,1H3,(H,17,18). The zero-order valence-electron chi connectivity index (χ0n) is 11.7. The van der Waals surface area contributed by atoms with Crippen molar-refractivity contribution in [2.24, 2.45) is 0 Å². The number of carbonyl (C=O) groups is 1. The van der Waals surface area contributed by atoms with Gasteiger partial charge >= 0.3 is 0 Å². The van der Waals surface area contributed by atoms with Crippen LogP contribution in [0.2, 0.25) is 0 Å². The van der Waals surface area contributed by atoms with Crippen LogP contribution in [0.4, 0.5) is 0 Å². The quantitative estimate of drug-likeness (QED) is 0.798. The number of hydrogen-bond acceptors (Lipinski definition) is 2. The number of hydrogen-bond donors (Lipinski definition) is 1. The number of benzene rings is 1. The van der Waals surface area contributed by atoms with E-state index < -0.39 is 0 Å². The van der Waals surface area contributed by atoms with E-state index in [0.717, 1.165) is 11.5 Å². The normalized spacial score (nSPS) is 10.5. The molecule has 0 saturated carbocycles. The van der Waals surface area contributed by atoms with Gasteiger partial charge < -0.3 is 14.5 Å². The summed E-state index contributed by atoms with van der Waals surface area (Å²) in [4.78, 5) is 21.1. The number of nitrogens with one attached hydrogen (secondary N) is 1. The highest BCUT2D eigenvalue weighted by atomic mass is 16.2. The van der Waals surface area contributed by atoms with Crippen molar-refractivity contribution in [3.8, 4) is 5.69 Å². The van der Waals surface area contributed by atoms with E-state index in [0.29, 0.717) is 12.1 Å². The van der Waals surface area contributed by atoms with Crippen molar-refractivity contribution in [1.82, 2.24) is 19.4 Å². The number of carbonyl (C=O) groups excluding carboxylic acids is 1. The third kappa shape index (κ3) is 2.86. The van der Waals surface area contributed by atoms with E-state index in [2.05, 4.69) is 9.97 Å². The first-order chi connectivity index (χ1) is 10.2. The van der Waals surface area contributed by atoms with Gasteiger partial charge in [-0.05, 0) is 36.4 Å². The maximum absolute atomic E-state index is 12.3. The molecule has 0 saturated heterocycles. The lowest BCUT2D eigenvalue weighted by Crippen LogP contribution is -2.26. The van der Waals surface area contributed by atoms with Gasteiger partial charge in [0.1, 0.15) is 5.82 Å². The molecule has 0 atom stereocenters. The van der Waals surface area contributed by atoms with E-state index in [1.165, 1.54) is 0 Å². The molecule has 3 aromatic rings. The lowest BCUT2D eigenvalue weighted by atomic mass is 10.2. The first kappa shape index (κ1) is 13.2. The number of H-pyrrole nitrogens is 1. The topological polar surface area (TPSA) is 53.9 Å². The fourth-order valence-electron chi connectivity index (χ4n) is 2.18. The summed E-state index contributed by atoms with van der Waals surface area (Å²) in [6, 6.07) is 11.5. The fraction of sp³-hybridized carbons (Fsp3) is 0.125. The monoisotopic (exact) mass is 280 g/mol. The molecule has 5 nitrogen and oxygen atoms in total. The van der Waals surface area contributed by atoms with Gasteiger partial charge in [-0.25, -0.2) is 4.98 Å². The Morgan fingerprint density at radius 2 is 1.95 bits per heavy atom. The summed E-state index contributed by atoms with van der Waals surface area (Å²) in [5.74, 6) is 0.750. The molecule has 0 spiro atoms. The Morgan fingerprint density at radius 3 is 2.57 bits per heavy atom. The summed E-state index contributed by atoms with van der Waals surface area (Å²) in [5.41, 5.74) is 1.70. The summed E-state index contributed by atoms with van der Waals surface area (Å²) >= 11 is 0. The molecule has 1 aromatic carbocycles. The molecule has 3 rings (SSSR count). The zero-order chi connectivity index (χ0) is 14.7. The molecule has 0 aliphatic heterocycles. The molecule has 1 N–H and O–H groups in total. The fourth-order valence-corrected chi connectivity index (χ4v) is 2.18. The molecule has 2 aromatic heterocycles. The van der Waals surface area contributed by atoms with Gasteiger partial charge in [0.15, 0.2) is 0 Å². The summed E-state index contributed by atoms with van der Waals surface area (Å²) in [6.45, 7) is 0.463. The average Bonchev–Trinajstić information content (AvgIpc) is 3.20. The van der Waals surface area contributed by atoms with Crippen LogP contribution in [0.1, 0.15) is 16.2 Å². The van der Waals surface area contributed by atoms with Crippen molar-refractivity contribution < 1.29 is 4.79 Å². The minimum absolute atomic E-state index is 0.0227. The number of aromatic nitrogens is 3. The average molecular weight is 280 g/mol. The molecule has 0 bridgehead atoms. The van der Waals surface area contributed by atoms with Gasteiger partial charge in [0.25, 0.3) is 5.91 Å². The molecule has 0 aliphatic rings. The lowest BCUT2D eigenvalue weighted by Gasteiger charge is -2.16. The highest BCUT2D eigenvalue weighted by molar-refractivity contribution is 5.94. The first-order valence-corrected chi connectivity index (χ1v) is 6.71. The third-order valence-corrected chi connectivity index (χ3v) is 3.31. The van der Waals surface area contributed by atoms with Gasteiger partial charge in [0.2, 0.25) is 0 Å². The number of imidazole rings is 1. The maximum Gasteiger partial charge on any atom is 0.254 e. The minimum Gasteiger partial charge on any atom is -0.347 e. The van der Waals surface area contributed by atoms with E-state index >= 15 is 0 Å². The Morgan fingerprint density at radius 1 is 1.24 bits per heavy atom. The minimum atomic E-state index is -0.0227. The van der Waals surface area contributed by atoms with Crippen LogP contribution < -0.4 is 0 Å². The van der Waals surface area contributed by atoms with Crippen molar-refractivity contribution >= 4 is 5.91 Å². The van der Waals surface area contributed by atoms with Gasteiger partial charge in [-0.1, -0.05) is 0 Å². The van der Waals surface area contributed by atoms with E-state index in [4.69, 9.17) is 0 Å². The van der Waals surface area contributed by atoms with Gasteiger partial charge in [-0.15, -0.1) is 0 Å². The number of aromatic amines is 1. The number of amides is 1. The number of nitrogens with zero attached hydrogens (tertiary/aromatic N) is 3. The summed E-state index contributed by atoms with van der Waals surface area (Å²) < 4.78 is 2.00. The Kier molecular flexibility index (Phi) is 3.55. The molecule has 2 heterocycles. The van der Waals surface area contributed by atoms with Gasteiger partial charge in [0.05, 0.1) is 6.54 Å². The van der Waals surface area contributed by atoms with Gasteiger partial charge in [-0.2, -0.15) is 0 Å². The molecular weight excluding hydrogens is 264 g/mol. The summed E-state index contributed by atoms with van der Waals surface area (Å²) in [5, 5.41) is 0. The van der Waals surface area contributed by atoms with Crippen molar-refractivity contribution in [1.29, 1.82) is 0 Å². The molecule has 0 radical (unpaired) electrons. The van der Waals surface area contributed by atoms with Crippen LogP contribution in [0.25, 0.3) is 5.69 Å². The van der Waals surface area contributed by atoms with Crippen molar-refractivity contribution in [2.75, 3.05) is 7.05 Å². The first-order valence-electron chi connectivity index (χ1n) is 6.71. The molecular formula is C16H16N4O. The van der Waals surface area contributed by atoms with Crippen LogP contribution in [0, 0.1) is 0 Å². The van der Waals surface area contributed by atoms with Crippen molar-refractivity contribution in [3.05, 3.63) is 72.6 Å². The van der Waals surface area contributed by atoms with Crippen LogP contribution in [-0.4, -0.2) is 32.4 Å². The van der Waals surface area contributed by atoms with Gasteiger partial charge in [-0.3, -0.25) is 4.79 Å². The predicted molar refractivity (Wildman–Crippen MR) is 80.2 cm³/mol. The third-order valence-electron chi connectivity index (χ3n) is 3.31. The SMILES string of the molecule is CN(Cc1ncc[nH]1)C(=O)c1ccc(-n2cccc2)cc1. The Balaban J connectivity index is 1.72. The molecule has 5 heteroatoms. The van der Waals surface area contributed by atoms with Gasteiger partial charge in [0, 0.05) is 43.1 Å². The van der Waals surface area contributed by atoms with Crippen LogP contribution in [0.3, 0.4) is 0 Å². The predicted octanol–water partition coefficient (Wildman–Crippen LogP) is 2.47. The maximum atomic E-state index is 12.3. The van der Waals surface area contributed by atoms with Crippen LogP contribution in [0.5, 0.6) is 0 Å². The lowest BCUT2D eigenvalue weighted by molar-refractivity contribution is 0.0782. The molecule has 106 valence electrons. The van der Waals surface area contributed by atoms with E-state index in [-0.39, 0.29) is 5.91 Å². The Bertz CT molecular complexity index is 699. The van der Waals surface area contributed by atoms with E-state index in [1.807, 2.05) is 53.4 Å². The second-order valence-corrected chi connectivity index (χ2v) is 4.83. The zero-order valence-corrected chi connectivity index (χ0v) is 11.7. The second-order valence-electron chi connectivity index (χ2n) is 4.83. The highest BCUT2D eigenvalue weighted by Gasteiger charge is 2.12. The smallest absolute Gasteiger partial charge is 0.254 e. The summed E-state index contributed by atoms with van der Waals surface area (Å²) in [6.07, 6.45) is 7.37. The van der Waals surface area contributed by atoms with Crippen LogP contribution in [-0.2, 0) is 6.54 Å². The van der Waals surface area contributed by atoms with Crippen LogP contribution in [0.15, 0.2) is 61.2 Å². The Hall–Kier alpha value is -2.82. The van der Waals surface area contributed by atoms with Crippen molar-refractivity contribution in [3.63, 3.8) is 0 Å². The van der Waals surface area contributed by atoms with E-state index in [9.17, 15) is 4.79 Å². The molecule has 0 aliphatic carbocycles. The molecule has 0 unspecified atom stereocenters. The molecule has 21 heavy (non-hydrogen) atoms. The molecule has 0 fully saturated rings. The van der Waals surface area contributed by atoms with E-state index in [1.54, 1.807) is 24.3 Å². The number of rotatable bonds is 4. The summed E-state index contributed by atoms with van der Waals surface area (Å²) in [7, 11) is 1.77. The second kappa shape index (κ2) is 5.66. The largest absolute Gasteiger partial charge is 0.347 e. The Labute approximate surface area is 122 Å².